The van der Waals surface area contributed by atoms with Crippen LogP contribution in [0.25, 0.3) is 0 Å². The zero-order valence-electron chi connectivity index (χ0n) is 17.5. The van der Waals surface area contributed by atoms with Gasteiger partial charge in [0, 0.05) is 18.3 Å². The van der Waals surface area contributed by atoms with E-state index in [1.165, 1.54) is 6.92 Å². The average Bonchev–Trinajstić information content (AvgIpc) is 2.72. The number of carbonyl (C=O) groups is 3. The Balaban J connectivity index is 1.85. The van der Waals surface area contributed by atoms with Gasteiger partial charge in [0.1, 0.15) is 5.75 Å². The summed E-state index contributed by atoms with van der Waals surface area (Å²) in [5.41, 5.74) is 1.72. The second kappa shape index (κ2) is 10.8. The number of carbonyl (C=O) groups excluding carboxylic acids is 3. The third-order valence-electron chi connectivity index (χ3n) is 4.07. The molecule has 2 rings (SSSR count). The summed E-state index contributed by atoms with van der Waals surface area (Å²) < 4.78 is 10.3. The zero-order chi connectivity index (χ0) is 22.1. The van der Waals surface area contributed by atoms with E-state index in [1.807, 2.05) is 13.8 Å². The van der Waals surface area contributed by atoms with Crippen molar-refractivity contribution in [2.75, 3.05) is 12.4 Å². The van der Waals surface area contributed by atoms with Crippen molar-refractivity contribution in [1.82, 2.24) is 10.6 Å². The van der Waals surface area contributed by atoms with E-state index in [2.05, 4.69) is 16.0 Å². The van der Waals surface area contributed by atoms with Gasteiger partial charge in [-0.15, -0.1) is 0 Å². The van der Waals surface area contributed by atoms with Crippen molar-refractivity contribution in [3.05, 3.63) is 59.7 Å². The first-order valence-electron chi connectivity index (χ1n) is 9.57. The van der Waals surface area contributed by atoms with Crippen LogP contribution in [0, 0.1) is 0 Å². The number of hydrogen-bond donors (Lipinski definition) is 3. The van der Waals surface area contributed by atoms with Crippen LogP contribution in [0.1, 0.15) is 36.7 Å². The van der Waals surface area contributed by atoms with E-state index < -0.39 is 18.0 Å². The summed E-state index contributed by atoms with van der Waals surface area (Å²) in [5.74, 6) is -0.374. The number of amides is 3. The second-order valence-corrected chi connectivity index (χ2v) is 6.94. The number of hydrogen-bond acceptors (Lipinski definition) is 5. The lowest BCUT2D eigenvalue weighted by Gasteiger charge is -2.14. The number of urea groups is 1. The Morgan fingerprint density at radius 2 is 1.57 bits per heavy atom. The van der Waals surface area contributed by atoms with Gasteiger partial charge in [0.2, 0.25) is 0 Å². The van der Waals surface area contributed by atoms with E-state index in [4.69, 9.17) is 9.47 Å². The van der Waals surface area contributed by atoms with Gasteiger partial charge in [0.15, 0.2) is 6.10 Å². The Morgan fingerprint density at radius 1 is 0.933 bits per heavy atom. The van der Waals surface area contributed by atoms with E-state index in [0.717, 1.165) is 5.56 Å². The lowest BCUT2D eigenvalue weighted by atomic mass is 10.1. The predicted octanol–water partition coefficient (Wildman–Crippen LogP) is 3.09. The molecule has 0 aromatic heterocycles. The summed E-state index contributed by atoms with van der Waals surface area (Å²) in [4.78, 5) is 36.2. The third kappa shape index (κ3) is 7.12. The normalized spacial score (nSPS) is 11.4. The van der Waals surface area contributed by atoms with Crippen molar-refractivity contribution in [1.29, 1.82) is 0 Å². The summed E-state index contributed by atoms with van der Waals surface area (Å²) in [6.45, 7) is 5.58. The minimum absolute atomic E-state index is 0.0473. The third-order valence-corrected chi connectivity index (χ3v) is 4.07. The van der Waals surface area contributed by atoms with Crippen LogP contribution in [-0.2, 0) is 16.1 Å². The van der Waals surface area contributed by atoms with Crippen molar-refractivity contribution in [2.45, 2.75) is 39.5 Å². The molecule has 0 spiro atoms. The molecule has 3 N–H and O–H groups in total. The zero-order valence-corrected chi connectivity index (χ0v) is 17.5. The van der Waals surface area contributed by atoms with E-state index in [9.17, 15) is 14.4 Å². The number of rotatable bonds is 8. The van der Waals surface area contributed by atoms with Gasteiger partial charge in [-0.25, -0.2) is 9.59 Å². The monoisotopic (exact) mass is 413 g/mol. The van der Waals surface area contributed by atoms with Gasteiger partial charge in [-0.2, -0.15) is 0 Å². The second-order valence-electron chi connectivity index (χ2n) is 6.94. The Kier molecular flexibility index (Phi) is 8.22. The molecule has 30 heavy (non-hydrogen) atoms. The highest BCUT2D eigenvalue weighted by molar-refractivity contribution is 5.97. The molecule has 2 aromatic rings. The maximum absolute atomic E-state index is 12.3. The molecule has 0 aliphatic heterocycles. The van der Waals surface area contributed by atoms with Crippen molar-refractivity contribution >= 4 is 23.6 Å². The maximum Gasteiger partial charge on any atom is 0.338 e. The van der Waals surface area contributed by atoms with Gasteiger partial charge < -0.3 is 25.4 Å². The summed E-state index contributed by atoms with van der Waals surface area (Å²) in [6, 6.07) is 13.2. The van der Waals surface area contributed by atoms with Gasteiger partial charge in [-0.3, -0.25) is 4.79 Å². The van der Waals surface area contributed by atoms with Crippen molar-refractivity contribution < 1.29 is 23.9 Å². The van der Waals surface area contributed by atoms with Gasteiger partial charge in [-0.1, -0.05) is 12.1 Å². The van der Waals surface area contributed by atoms with Gasteiger partial charge in [-0.05, 0) is 62.7 Å². The lowest BCUT2D eigenvalue weighted by molar-refractivity contribution is -0.123. The smallest absolute Gasteiger partial charge is 0.338 e. The molecule has 0 saturated heterocycles. The van der Waals surface area contributed by atoms with E-state index in [0.29, 0.717) is 23.5 Å². The van der Waals surface area contributed by atoms with E-state index in [1.54, 1.807) is 55.6 Å². The van der Waals surface area contributed by atoms with Crippen LogP contribution in [0.15, 0.2) is 48.5 Å². The Morgan fingerprint density at radius 3 is 2.13 bits per heavy atom. The molecule has 0 heterocycles. The minimum atomic E-state index is -0.972. The minimum Gasteiger partial charge on any atom is -0.497 e. The molecule has 0 bridgehead atoms. The highest BCUT2D eigenvalue weighted by atomic mass is 16.5. The lowest BCUT2D eigenvalue weighted by Crippen LogP contribution is -2.39. The topological polar surface area (TPSA) is 106 Å². The van der Waals surface area contributed by atoms with E-state index in [-0.39, 0.29) is 12.1 Å². The highest BCUT2D eigenvalue weighted by Gasteiger charge is 2.19. The number of nitrogens with one attached hydrogen (secondary N) is 3. The molecule has 3 amide bonds. The van der Waals surface area contributed by atoms with E-state index >= 15 is 0 Å². The Hall–Kier alpha value is -3.55. The van der Waals surface area contributed by atoms with Gasteiger partial charge in [0.05, 0.1) is 12.7 Å². The summed E-state index contributed by atoms with van der Waals surface area (Å²) in [7, 11) is 1.56. The molecule has 0 aliphatic rings. The summed E-state index contributed by atoms with van der Waals surface area (Å²) in [6.07, 6.45) is -0.972. The van der Waals surface area contributed by atoms with Crippen LogP contribution < -0.4 is 20.7 Å². The maximum atomic E-state index is 12.3. The average molecular weight is 413 g/mol. The van der Waals surface area contributed by atoms with Crippen LogP contribution >= 0.6 is 0 Å². The number of ether oxygens (including phenoxy) is 2. The molecule has 1 atom stereocenters. The number of esters is 1. The van der Waals surface area contributed by atoms with Crippen molar-refractivity contribution in [3.63, 3.8) is 0 Å². The molecule has 0 fully saturated rings. The molecule has 0 radical (unpaired) electrons. The first-order chi connectivity index (χ1) is 14.3. The van der Waals surface area contributed by atoms with Crippen molar-refractivity contribution in [2.24, 2.45) is 0 Å². The van der Waals surface area contributed by atoms with Crippen molar-refractivity contribution in [3.8, 4) is 5.75 Å². The largest absolute Gasteiger partial charge is 0.497 e. The molecule has 0 saturated carbocycles. The van der Waals surface area contributed by atoms with Crippen LogP contribution in [0.4, 0.5) is 10.5 Å². The van der Waals surface area contributed by atoms with Crippen LogP contribution in [-0.4, -0.2) is 37.2 Å². The van der Waals surface area contributed by atoms with Crippen LogP contribution in [0.2, 0.25) is 0 Å². The quantitative estimate of drug-likeness (QED) is 0.577. The predicted molar refractivity (Wildman–Crippen MR) is 113 cm³/mol. The molecule has 0 unspecified atom stereocenters. The molecule has 0 aliphatic carbocycles. The number of methoxy groups -OCH3 is 1. The molecule has 2 aromatic carbocycles. The van der Waals surface area contributed by atoms with Crippen LogP contribution in [0.5, 0.6) is 5.75 Å². The summed E-state index contributed by atoms with van der Waals surface area (Å²) in [5, 5.41) is 8.14. The van der Waals surface area contributed by atoms with Gasteiger partial charge >= 0.3 is 12.0 Å². The van der Waals surface area contributed by atoms with Crippen LogP contribution in [0.3, 0.4) is 0 Å². The molecule has 8 nitrogen and oxygen atoms in total. The molecule has 8 heteroatoms. The molecule has 160 valence electrons. The molecular formula is C22H27N3O5. The first kappa shape index (κ1) is 22.7. The Bertz CT molecular complexity index is 863. The number of anilines is 1. The molecular weight excluding hydrogens is 386 g/mol. The fourth-order valence-electron chi connectivity index (χ4n) is 2.45. The summed E-state index contributed by atoms with van der Waals surface area (Å²) >= 11 is 0. The first-order valence-corrected chi connectivity index (χ1v) is 9.57. The fourth-order valence-corrected chi connectivity index (χ4v) is 2.45. The standard InChI is InChI=1S/C22H27N3O5/c1-14(2)24-22(28)23-13-16-5-7-17(8-6-16)21(27)30-15(3)20(26)25-18-9-11-19(29-4)12-10-18/h5-12,14-15H,13H2,1-4H3,(H,25,26)(H2,23,24,28)/t15-/m1/s1. The van der Waals surface area contributed by atoms with Gasteiger partial charge in [0.25, 0.3) is 5.91 Å². The SMILES string of the molecule is COc1ccc(NC(=O)[C@@H](C)OC(=O)c2ccc(CNC(=O)NC(C)C)cc2)cc1. The fraction of sp³-hybridized carbons (Fsp3) is 0.318. The number of benzene rings is 2. The Labute approximate surface area is 175 Å². The highest BCUT2D eigenvalue weighted by Crippen LogP contribution is 2.15.